The summed E-state index contributed by atoms with van der Waals surface area (Å²) < 4.78 is 0.956. The highest BCUT2D eigenvalue weighted by Gasteiger charge is 2.13. The van der Waals surface area contributed by atoms with Crippen LogP contribution in [-0.4, -0.2) is 18.2 Å². The maximum absolute atomic E-state index is 12.0. The fraction of sp³-hybridized carbons (Fsp3) is 0.176. The number of nitrogens with zero attached hydrogens (tertiary/aromatic N) is 1. The zero-order valence-corrected chi connectivity index (χ0v) is 14.0. The number of nitrogens with one attached hydrogen (secondary N) is 1. The first-order valence-electron chi connectivity index (χ1n) is 6.87. The van der Waals surface area contributed by atoms with Gasteiger partial charge >= 0.3 is 0 Å². The molecule has 0 aromatic heterocycles. The number of oxime groups is 1. The molecule has 0 radical (unpaired) electrons. The van der Waals surface area contributed by atoms with Gasteiger partial charge in [-0.25, -0.2) is 0 Å². The summed E-state index contributed by atoms with van der Waals surface area (Å²) in [6.07, 6.45) is 0.911. The number of amides is 1. The van der Waals surface area contributed by atoms with Gasteiger partial charge in [0.05, 0.1) is 6.21 Å². The number of carbonyl (C=O) groups excluding carboxylic acids is 1. The van der Waals surface area contributed by atoms with Crippen molar-refractivity contribution in [2.45, 2.75) is 20.0 Å². The van der Waals surface area contributed by atoms with Crippen LogP contribution >= 0.6 is 15.9 Å². The van der Waals surface area contributed by atoms with Crippen molar-refractivity contribution in [2.75, 3.05) is 5.32 Å². The molecule has 2 rings (SSSR count). The van der Waals surface area contributed by atoms with Crippen molar-refractivity contribution in [3.8, 4) is 0 Å². The predicted octanol–water partition coefficient (Wildman–Crippen LogP) is 4.14. The molecular weight excluding hydrogens is 344 g/mol. The first-order chi connectivity index (χ1) is 10.5. The normalized spacial score (nSPS) is 12.1. The molecule has 0 unspecified atom stereocenters. The lowest BCUT2D eigenvalue weighted by atomic mass is 10.2. The number of hydrogen-bond acceptors (Lipinski definition) is 3. The van der Waals surface area contributed by atoms with Gasteiger partial charge in [0.1, 0.15) is 0 Å². The van der Waals surface area contributed by atoms with Crippen LogP contribution in [0.15, 0.2) is 58.2 Å². The molecule has 5 heteroatoms. The SMILES string of the molecule is Cc1ccc(/C=N\O[C@H](C)C(=O)Nc2ccc(Br)cc2)cc1. The van der Waals surface area contributed by atoms with Crippen LogP contribution in [-0.2, 0) is 9.63 Å². The molecule has 0 spiro atoms. The van der Waals surface area contributed by atoms with Crippen molar-refractivity contribution in [3.63, 3.8) is 0 Å². The maximum atomic E-state index is 12.0. The maximum Gasteiger partial charge on any atom is 0.267 e. The third-order valence-corrected chi connectivity index (χ3v) is 3.51. The minimum Gasteiger partial charge on any atom is -0.383 e. The fourth-order valence-corrected chi connectivity index (χ4v) is 1.92. The standard InChI is InChI=1S/C17H17BrN2O2/c1-12-3-5-14(6-4-12)11-19-22-13(2)17(21)20-16-9-7-15(18)8-10-16/h3-11,13H,1-2H3,(H,20,21)/b19-11-/t13-/m1/s1. The summed E-state index contributed by atoms with van der Waals surface area (Å²) >= 11 is 3.34. The smallest absolute Gasteiger partial charge is 0.267 e. The highest BCUT2D eigenvalue weighted by Crippen LogP contribution is 2.14. The number of benzene rings is 2. The minimum atomic E-state index is -0.676. The van der Waals surface area contributed by atoms with Crippen LogP contribution in [0.5, 0.6) is 0 Å². The average Bonchev–Trinajstić information content (AvgIpc) is 2.51. The van der Waals surface area contributed by atoms with Gasteiger partial charge in [0.2, 0.25) is 6.10 Å². The van der Waals surface area contributed by atoms with Crippen molar-refractivity contribution in [1.29, 1.82) is 0 Å². The van der Waals surface area contributed by atoms with Gasteiger partial charge in [0.15, 0.2) is 0 Å². The topological polar surface area (TPSA) is 50.7 Å². The molecule has 1 amide bonds. The number of aryl methyl sites for hydroxylation is 1. The van der Waals surface area contributed by atoms with Crippen molar-refractivity contribution >= 4 is 33.7 Å². The Bertz CT molecular complexity index is 651. The Balaban J connectivity index is 1.85. The van der Waals surface area contributed by atoms with Gasteiger partial charge in [-0.15, -0.1) is 0 Å². The molecule has 0 aliphatic carbocycles. The van der Waals surface area contributed by atoms with Crippen molar-refractivity contribution < 1.29 is 9.63 Å². The van der Waals surface area contributed by atoms with Crippen LogP contribution in [0.25, 0.3) is 0 Å². The Morgan fingerprint density at radius 2 is 1.82 bits per heavy atom. The van der Waals surface area contributed by atoms with E-state index in [1.807, 2.05) is 55.5 Å². The summed E-state index contributed by atoms with van der Waals surface area (Å²) in [4.78, 5) is 17.1. The molecule has 0 heterocycles. The second-order valence-corrected chi connectivity index (χ2v) is 5.80. The van der Waals surface area contributed by atoms with Crippen molar-refractivity contribution in [3.05, 3.63) is 64.1 Å². The lowest BCUT2D eigenvalue weighted by molar-refractivity contribution is -0.126. The van der Waals surface area contributed by atoms with Crippen molar-refractivity contribution in [1.82, 2.24) is 0 Å². The number of anilines is 1. The highest BCUT2D eigenvalue weighted by atomic mass is 79.9. The molecule has 22 heavy (non-hydrogen) atoms. The van der Waals surface area contributed by atoms with Gasteiger partial charge in [0.25, 0.3) is 5.91 Å². The second kappa shape index (κ2) is 7.75. The summed E-state index contributed by atoms with van der Waals surface area (Å²) in [6, 6.07) is 15.2. The summed E-state index contributed by atoms with van der Waals surface area (Å²) in [7, 11) is 0. The van der Waals surface area contributed by atoms with Gasteiger partial charge in [-0.05, 0) is 43.7 Å². The minimum absolute atomic E-state index is 0.247. The van der Waals surface area contributed by atoms with Crippen LogP contribution in [0.3, 0.4) is 0 Å². The lowest BCUT2D eigenvalue weighted by Crippen LogP contribution is -2.26. The average molecular weight is 361 g/mol. The molecule has 0 bridgehead atoms. The van der Waals surface area contributed by atoms with E-state index in [2.05, 4.69) is 26.4 Å². The van der Waals surface area contributed by atoms with Crippen LogP contribution in [0.2, 0.25) is 0 Å². The third-order valence-electron chi connectivity index (χ3n) is 2.98. The summed E-state index contributed by atoms with van der Waals surface area (Å²) in [5.74, 6) is -0.247. The number of rotatable bonds is 5. The molecule has 0 aliphatic heterocycles. The van der Waals surface area contributed by atoms with Gasteiger partial charge in [-0.2, -0.15) is 0 Å². The summed E-state index contributed by atoms with van der Waals surface area (Å²) in [5.41, 5.74) is 2.82. The van der Waals surface area contributed by atoms with E-state index in [1.165, 1.54) is 5.56 Å². The monoisotopic (exact) mass is 360 g/mol. The molecule has 4 nitrogen and oxygen atoms in total. The van der Waals surface area contributed by atoms with Crippen molar-refractivity contribution in [2.24, 2.45) is 5.16 Å². The predicted molar refractivity (Wildman–Crippen MR) is 92.1 cm³/mol. The second-order valence-electron chi connectivity index (χ2n) is 4.89. The third kappa shape index (κ3) is 5.00. The van der Waals surface area contributed by atoms with Crippen LogP contribution < -0.4 is 5.32 Å². The first-order valence-corrected chi connectivity index (χ1v) is 7.66. The van der Waals surface area contributed by atoms with E-state index in [0.29, 0.717) is 5.69 Å². The molecule has 0 saturated carbocycles. The Labute approximate surface area is 138 Å². The molecule has 0 saturated heterocycles. The molecule has 1 N–H and O–H groups in total. The van der Waals surface area contributed by atoms with Gasteiger partial charge in [-0.3, -0.25) is 4.79 Å². The molecule has 0 fully saturated rings. The zero-order chi connectivity index (χ0) is 15.9. The van der Waals surface area contributed by atoms with Crippen LogP contribution in [0.1, 0.15) is 18.1 Å². The quantitative estimate of drug-likeness (QED) is 0.643. The zero-order valence-electron chi connectivity index (χ0n) is 12.4. The summed E-state index contributed by atoms with van der Waals surface area (Å²) in [6.45, 7) is 3.67. The first kappa shape index (κ1) is 16.2. The van der Waals surface area contributed by atoms with E-state index >= 15 is 0 Å². The lowest BCUT2D eigenvalue weighted by Gasteiger charge is -2.10. The highest BCUT2D eigenvalue weighted by molar-refractivity contribution is 9.10. The molecular formula is C17H17BrN2O2. The Morgan fingerprint density at radius 1 is 1.18 bits per heavy atom. The molecule has 114 valence electrons. The largest absolute Gasteiger partial charge is 0.383 e. The number of carbonyl (C=O) groups is 1. The van der Waals surface area contributed by atoms with E-state index in [4.69, 9.17) is 4.84 Å². The summed E-state index contributed by atoms with van der Waals surface area (Å²) in [5, 5.41) is 6.62. The van der Waals surface area contributed by atoms with E-state index in [1.54, 1.807) is 13.1 Å². The molecule has 2 aromatic rings. The molecule has 1 atom stereocenters. The number of hydrogen-bond donors (Lipinski definition) is 1. The Kier molecular flexibility index (Phi) is 5.72. The van der Waals surface area contributed by atoms with E-state index in [-0.39, 0.29) is 5.91 Å². The van der Waals surface area contributed by atoms with E-state index in [0.717, 1.165) is 10.0 Å². The van der Waals surface area contributed by atoms with E-state index < -0.39 is 6.10 Å². The fourth-order valence-electron chi connectivity index (χ4n) is 1.66. The van der Waals surface area contributed by atoms with Crippen LogP contribution in [0.4, 0.5) is 5.69 Å². The van der Waals surface area contributed by atoms with Crippen LogP contribution in [0, 0.1) is 6.92 Å². The molecule has 0 aliphatic rings. The number of halogens is 1. The van der Waals surface area contributed by atoms with Gasteiger partial charge in [-0.1, -0.05) is 50.9 Å². The molecule has 2 aromatic carbocycles. The Hall–Kier alpha value is -2.14. The van der Waals surface area contributed by atoms with Gasteiger partial charge < -0.3 is 10.2 Å². The Morgan fingerprint density at radius 3 is 2.45 bits per heavy atom. The van der Waals surface area contributed by atoms with Gasteiger partial charge in [0, 0.05) is 10.2 Å². The van der Waals surface area contributed by atoms with E-state index in [9.17, 15) is 4.79 Å².